The standard InChI is InChI=1S/C29H35N3O4/c1-20-13-25-26(30-20)7-4-8-27(25)36-19-24(33)18-32-17-22-5-2-3-6-23(32)16-31(22)15-21-9-10-28-29(14-21)35-12-11-34-28/h2-4,7-10,13-14,22-24,30,33H,5-6,11-12,15-19H2,1H3/b3-2-/t22-,23-,24-/m0/s1. The molecule has 4 aliphatic rings. The van der Waals surface area contributed by atoms with E-state index in [1.807, 2.05) is 31.2 Å². The summed E-state index contributed by atoms with van der Waals surface area (Å²) in [5, 5.41) is 12.0. The van der Waals surface area contributed by atoms with Crippen LogP contribution in [0.15, 0.2) is 54.6 Å². The molecule has 3 aromatic rings. The monoisotopic (exact) mass is 489 g/mol. The number of nitrogens with one attached hydrogen (secondary N) is 1. The van der Waals surface area contributed by atoms with Crippen molar-refractivity contribution in [2.24, 2.45) is 0 Å². The number of ether oxygens (including phenoxy) is 3. The number of nitrogens with zero attached hydrogens (tertiary/aromatic N) is 2. The van der Waals surface area contributed by atoms with E-state index in [0.29, 0.717) is 31.8 Å². The minimum Gasteiger partial charge on any atom is -0.490 e. The number of hydrogen-bond acceptors (Lipinski definition) is 6. The fourth-order valence-corrected chi connectivity index (χ4v) is 5.76. The van der Waals surface area contributed by atoms with Gasteiger partial charge in [-0.2, -0.15) is 0 Å². The van der Waals surface area contributed by atoms with Gasteiger partial charge in [-0.25, -0.2) is 0 Å². The highest BCUT2D eigenvalue weighted by molar-refractivity contribution is 5.86. The van der Waals surface area contributed by atoms with Crippen molar-refractivity contribution in [3.63, 3.8) is 0 Å². The maximum atomic E-state index is 10.9. The topological polar surface area (TPSA) is 70.2 Å². The third kappa shape index (κ3) is 4.96. The van der Waals surface area contributed by atoms with Crippen LogP contribution in [-0.4, -0.2) is 77.5 Å². The van der Waals surface area contributed by atoms with Gasteiger partial charge in [0, 0.05) is 54.9 Å². The highest BCUT2D eigenvalue weighted by Crippen LogP contribution is 2.33. The lowest BCUT2D eigenvalue weighted by molar-refractivity contribution is -0.0125. The fourth-order valence-electron chi connectivity index (χ4n) is 5.76. The summed E-state index contributed by atoms with van der Waals surface area (Å²) in [5.74, 6) is 2.51. The smallest absolute Gasteiger partial charge is 0.161 e. The molecule has 2 N–H and O–H groups in total. The number of H-pyrrole nitrogens is 1. The first-order valence-corrected chi connectivity index (χ1v) is 13.0. The lowest BCUT2D eigenvalue weighted by Gasteiger charge is -2.47. The quantitative estimate of drug-likeness (QED) is 0.491. The summed E-state index contributed by atoms with van der Waals surface area (Å²) < 4.78 is 17.6. The highest BCUT2D eigenvalue weighted by Gasteiger charge is 2.35. The van der Waals surface area contributed by atoms with Gasteiger partial charge in [0.15, 0.2) is 11.5 Å². The van der Waals surface area contributed by atoms with Gasteiger partial charge in [-0.05, 0) is 55.7 Å². The predicted molar refractivity (Wildman–Crippen MR) is 140 cm³/mol. The van der Waals surface area contributed by atoms with Crippen LogP contribution in [0.4, 0.5) is 0 Å². The molecule has 1 fully saturated rings. The molecule has 0 spiro atoms. The second-order valence-corrected chi connectivity index (χ2v) is 10.2. The van der Waals surface area contributed by atoms with Crippen LogP contribution < -0.4 is 14.2 Å². The highest BCUT2D eigenvalue weighted by atomic mass is 16.6. The van der Waals surface area contributed by atoms with Gasteiger partial charge in [-0.3, -0.25) is 9.80 Å². The number of aromatic amines is 1. The van der Waals surface area contributed by atoms with E-state index in [0.717, 1.165) is 66.3 Å². The van der Waals surface area contributed by atoms with Crippen molar-refractivity contribution in [1.29, 1.82) is 0 Å². The molecule has 0 radical (unpaired) electrons. The first-order chi connectivity index (χ1) is 17.6. The molecule has 7 nitrogen and oxygen atoms in total. The van der Waals surface area contributed by atoms with Crippen LogP contribution in [0.5, 0.6) is 17.2 Å². The van der Waals surface area contributed by atoms with Crippen molar-refractivity contribution in [3.05, 3.63) is 65.9 Å². The Morgan fingerprint density at radius 2 is 1.78 bits per heavy atom. The zero-order valence-electron chi connectivity index (χ0n) is 20.9. The maximum absolute atomic E-state index is 10.9. The zero-order chi connectivity index (χ0) is 24.5. The summed E-state index contributed by atoms with van der Waals surface area (Å²) in [6, 6.07) is 15.2. The van der Waals surface area contributed by atoms with Crippen LogP contribution in [0, 0.1) is 6.92 Å². The van der Waals surface area contributed by atoms with Gasteiger partial charge in [-0.15, -0.1) is 0 Å². The fraction of sp³-hybridized carbons (Fsp3) is 0.448. The molecule has 7 rings (SSSR count). The number of rotatable bonds is 7. The Morgan fingerprint density at radius 1 is 1.00 bits per heavy atom. The van der Waals surface area contributed by atoms with Crippen molar-refractivity contribution in [3.8, 4) is 17.2 Å². The summed E-state index contributed by atoms with van der Waals surface area (Å²) in [4.78, 5) is 8.40. The average Bonchev–Trinajstić information content (AvgIpc) is 3.25. The van der Waals surface area contributed by atoms with E-state index in [1.54, 1.807) is 0 Å². The average molecular weight is 490 g/mol. The third-order valence-corrected chi connectivity index (χ3v) is 7.53. The number of fused-ring (bicyclic) bond motifs is 6. The SMILES string of the molecule is Cc1cc2c(OC[C@@H](O)CN3C[C@@H]4C/C=C\C[C@H]3CN4Cc3ccc4c(c3)OCCO4)cccc2[nH]1. The summed E-state index contributed by atoms with van der Waals surface area (Å²) in [6.07, 6.45) is 6.11. The number of hydrogen-bond donors (Lipinski definition) is 2. The van der Waals surface area contributed by atoms with E-state index in [-0.39, 0.29) is 6.61 Å². The molecular formula is C29H35N3O4. The molecule has 0 aliphatic carbocycles. The van der Waals surface area contributed by atoms with Crippen LogP contribution in [0.25, 0.3) is 10.9 Å². The molecular weight excluding hydrogens is 454 g/mol. The van der Waals surface area contributed by atoms with Crippen LogP contribution in [0.1, 0.15) is 24.1 Å². The van der Waals surface area contributed by atoms with Gasteiger partial charge in [0.05, 0.1) is 0 Å². The Bertz CT molecular complexity index is 1240. The first kappa shape index (κ1) is 23.4. The molecule has 2 aromatic carbocycles. The van der Waals surface area contributed by atoms with Crippen LogP contribution in [-0.2, 0) is 6.54 Å². The lowest BCUT2D eigenvalue weighted by atomic mass is 9.96. The molecule has 7 heteroatoms. The van der Waals surface area contributed by atoms with Gasteiger partial charge in [0.2, 0.25) is 0 Å². The van der Waals surface area contributed by atoms with Crippen molar-refractivity contribution in [1.82, 2.24) is 14.8 Å². The first-order valence-electron chi connectivity index (χ1n) is 13.0. The van der Waals surface area contributed by atoms with Crippen molar-refractivity contribution in [2.45, 2.75) is 44.5 Å². The van der Waals surface area contributed by atoms with Crippen molar-refractivity contribution < 1.29 is 19.3 Å². The Labute approximate surface area is 212 Å². The molecule has 190 valence electrons. The van der Waals surface area contributed by atoms with Crippen LogP contribution in [0.2, 0.25) is 0 Å². The zero-order valence-corrected chi connectivity index (χ0v) is 20.9. The van der Waals surface area contributed by atoms with Crippen LogP contribution >= 0.6 is 0 Å². The second-order valence-electron chi connectivity index (χ2n) is 10.2. The van der Waals surface area contributed by atoms with Gasteiger partial charge in [-0.1, -0.05) is 24.3 Å². The van der Waals surface area contributed by atoms with E-state index in [1.165, 1.54) is 5.56 Å². The minimum absolute atomic E-state index is 0.286. The third-order valence-electron chi connectivity index (χ3n) is 7.53. The number of aliphatic hydroxyl groups excluding tert-OH is 1. The Morgan fingerprint density at radius 3 is 2.64 bits per heavy atom. The predicted octanol–water partition coefficient (Wildman–Crippen LogP) is 3.89. The molecule has 1 saturated heterocycles. The Balaban J connectivity index is 1.09. The summed E-state index contributed by atoms with van der Waals surface area (Å²) in [6.45, 7) is 7.00. The summed E-state index contributed by atoms with van der Waals surface area (Å²) in [5.41, 5.74) is 3.42. The summed E-state index contributed by atoms with van der Waals surface area (Å²) in [7, 11) is 0. The molecule has 0 saturated carbocycles. The number of benzene rings is 2. The maximum Gasteiger partial charge on any atom is 0.161 e. The summed E-state index contributed by atoms with van der Waals surface area (Å²) >= 11 is 0. The van der Waals surface area contributed by atoms with E-state index in [9.17, 15) is 5.11 Å². The molecule has 5 heterocycles. The van der Waals surface area contributed by atoms with Crippen molar-refractivity contribution in [2.75, 3.05) is 39.5 Å². The van der Waals surface area contributed by atoms with E-state index in [2.05, 4.69) is 45.1 Å². The molecule has 0 unspecified atom stereocenters. The Kier molecular flexibility index (Phi) is 6.61. The van der Waals surface area contributed by atoms with E-state index >= 15 is 0 Å². The van der Waals surface area contributed by atoms with Gasteiger partial charge < -0.3 is 24.3 Å². The molecule has 36 heavy (non-hydrogen) atoms. The Hall–Kier alpha value is -3.00. The molecule has 4 aliphatic heterocycles. The molecule has 1 aromatic heterocycles. The van der Waals surface area contributed by atoms with Gasteiger partial charge >= 0.3 is 0 Å². The normalized spacial score (nSPS) is 23.8. The lowest BCUT2D eigenvalue weighted by Crippen LogP contribution is -2.59. The second kappa shape index (κ2) is 10.2. The number of aryl methyl sites for hydroxylation is 1. The van der Waals surface area contributed by atoms with Crippen molar-refractivity contribution >= 4 is 10.9 Å². The largest absolute Gasteiger partial charge is 0.490 e. The number of aliphatic hydroxyl groups is 1. The molecule has 0 amide bonds. The molecule has 2 bridgehead atoms. The van der Waals surface area contributed by atoms with Gasteiger partial charge in [0.1, 0.15) is 31.7 Å². The minimum atomic E-state index is -0.545. The van der Waals surface area contributed by atoms with Crippen LogP contribution in [0.3, 0.4) is 0 Å². The molecule has 3 atom stereocenters. The van der Waals surface area contributed by atoms with E-state index < -0.39 is 6.10 Å². The van der Waals surface area contributed by atoms with Gasteiger partial charge in [0.25, 0.3) is 0 Å². The van der Waals surface area contributed by atoms with E-state index in [4.69, 9.17) is 14.2 Å². The number of aromatic nitrogens is 1. The number of piperazine rings is 1.